The number of benzene rings is 11. The smallest absolute Gasteiger partial charge is 0.0457 e. The molecule has 760 valence electrons. The lowest BCUT2D eigenvalue weighted by molar-refractivity contribution is 0.650. The van der Waals surface area contributed by atoms with Gasteiger partial charge in [0.15, 0.2) is 0 Å². The first-order valence-electron chi connectivity index (χ1n) is 55.1. The fraction of sp³-hybridized carbons (Fsp3) is 0.382. The third kappa shape index (κ3) is 28.1. The van der Waals surface area contributed by atoms with E-state index in [1.807, 2.05) is 6.20 Å². The Morgan fingerprint density at radius 2 is 0.559 bits per heavy atom. The Bertz CT molecular complexity index is 7250. The molecule has 0 radical (unpaired) electrons. The summed E-state index contributed by atoms with van der Waals surface area (Å²) in [5.74, 6) is 9.45. The average Bonchev–Trinajstić information content (AvgIpc) is 1.67. The molecule has 2 aliphatic carbocycles. The Morgan fingerprint density at radius 1 is 0.248 bits per heavy atom. The number of nitrogens with one attached hydrogen (secondary N) is 9. The zero-order valence-electron chi connectivity index (χ0n) is 92.6. The Hall–Kier alpha value is -12.7. The van der Waals surface area contributed by atoms with E-state index in [4.69, 9.17) is 0 Å². The van der Waals surface area contributed by atoms with E-state index < -0.39 is 0 Å². The zero-order valence-corrected chi connectivity index (χ0v) is 92.6. The zero-order chi connectivity index (χ0) is 103. The van der Waals surface area contributed by atoms with Gasteiger partial charge in [-0.15, -0.1) is 0 Å². The molecule has 0 aliphatic heterocycles. The Labute approximate surface area is 868 Å². The highest BCUT2D eigenvalue weighted by Crippen LogP contribution is 2.42. The van der Waals surface area contributed by atoms with E-state index in [1.165, 1.54) is 256 Å². The summed E-state index contributed by atoms with van der Waals surface area (Å²) in [6, 6.07) is 84.2. The Morgan fingerprint density at radius 3 is 0.952 bits per heavy atom. The number of hydrogen-bond acceptors (Lipinski definition) is 0. The minimum atomic E-state index is 0.410. The predicted octanol–water partition coefficient (Wildman–Crippen LogP) is 40.4. The van der Waals surface area contributed by atoms with E-state index in [0.29, 0.717) is 76.9 Å². The first kappa shape index (κ1) is 108. The third-order valence-corrected chi connectivity index (χ3v) is 30.1. The van der Waals surface area contributed by atoms with Gasteiger partial charge in [-0.1, -0.05) is 315 Å². The van der Waals surface area contributed by atoms with Crippen molar-refractivity contribution in [1.29, 1.82) is 0 Å². The summed E-state index contributed by atoms with van der Waals surface area (Å²) in [4.78, 5) is 30.2. The highest BCUT2D eigenvalue weighted by Gasteiger charge is 2.25. The van der Waals surface area contributed by atoms with Crippen LogP contribution in [0.5, 0.6) is 0 Å². The van der Waals surface area contributed by atoms with E-state index in [2.05, 4.69) is 505 Å². The van der Waals surface area contributed by atoms with Crippen LogP contribution in [0.3, 0.4) is 0 Å². The van der Waals surface area contributed by atoms with Gasteiger partial charge in [0.1, 0.15) is 0 Å². The van der Waals surface area contributed by atoms with Gasteiger partial charge < -0.3 is 44.9 Å². The normalized spacial score (nSPS) is 13.0. The lowest BCUT2D eigenvalue weighted by Gasteiger charge is -2.12. The van der Waals surface area contributed by atoms with Crippen LogP contribution in [-0.4, -0.2) is 44.9 Å². The van der Waals surface area contributed by atoms with Gasteiger partial charge in [0.25, 0.3) is 0 Å². The second-order valence-electron chi connectivity index (χ2n) is 45.5. The highest BCUT2D eigenvalue weighted by molar-refractivity contribution is 5.91. The molecule has 2 fully saturated rings. The van der Waals surface area contributed by atoms with Crippen LogP contribution in [0.15, 0.2) is 286 Å². The molecule has 145 heavy (non-hydrogen) atoms. The molecule has 20 aromatic rings. The molecule has 9 aromatic heterocycles. The quantitative estimate of drug-likeness (QED) is 0.0319. The van der Waals surface area contributed by atoms with Gasteiger partial charge in [0, 0.05) is 154 Å². The van der Waals surface area contributed by atoms with Crippen LogP contribution < -0.4 is 0 Å². The Kier molecular flexibility index (Phi) is 37.5. The van der Waals surface area contributed by atoms with Crippen molar-refractivity contribution in [3.63, 3.8) is 0 Å². The largest absolute Gasteiger partial charge is 0.361 e. The van der Waals surface area contributed by atoms with E-state index in [-0.39, 0.29) is 0 Å². The van der Waals surface area contributed by atoms with Crippen molar-refractivity contribution in [3.8, 4) is 0 Å². The summed E-state index contributed by atoms with van der Waals surface area (Å²) >= 11 is 0. The Balaban J connectivity index is 0.000000129. The molecule has 2 saturated carbocycles. The summed E-state index contributed by atoms with van der Waals surface area (Å²) in [7, 11) is 0. The number of aryl methyl sites for hydroxylation is 1. The molecular weight excluding hydrogens is 1760 g/mol. The van der Waals surface area contributed by atoms with E-state index >= 15 is 0 Å². The second kappa shape index (κ2) is 50.4. The molecule has 1 unspecified atom stereocenters. The van der Waals surface area contributed by atoms with Crippen molar-refractivity contribution < 1.29 is 0 Å². The van der Waals surface area contributed by atoms with Crippen molar-refractivity contribution in [2.45, 2.75) is 328 Å². The number of fused-ring (bicyclic) bond motifs is 9. The molecule has 1 atom stereocenters. The molecular formula is C136H171N9. The molecule has 0 bridgehead atoms. The predicted molar refractivity (Wildman–Crippen MR) is 633 cm³/mol. The first-order chi connectivity index (χ1) is 69.6. The SMILES string of the molecule is CC(C)Cc1c[nH]c2ccc(C(C)C)cc12.CC(C)c1ccc2[nH]cc(C(C)C)c2c1.CC(C)c1ccc2[nH]cc(C(C)C)c2c1.CC(C)c1ccc2[nH]cc(C(C)c3ccccc3)c2c1.CC(C)c1ccc2[nH]cc(C3CCCC3)c2c1.CC(C)c1ccc2[nH]cc(CC3CC3)c2c1.CC(C)c1ccc2[nH]cc(Cc3ccccc3)c2c1.CC(C)c1ccc2[nH]ccc2c1.CCCc1c[nH]c2ccc(C(C)C)cc12. The van der Waals surface area contributed by atoms with Crippen molar-refractivity contribution >= 4 is 98.1 Å². The summed E-state index contributed by atoms with van der Waals surface area (Å²) in [6.07, 6.45) is 33.5. The topological polar surface area (TPSA) is 142 Å². The minimum absolute atomic E-state index is 0.410. The van der Waals surface area contributed by atoms with Crippen molar-refractivity contribution in [2.24, 2.45) is 11.8 Å². The van der Waals surface area contributed by atoms with Crippen molar-refractivity contribution in [3.05, 3.63) is 392 Å². The molecule has 2 aliphatic rings. The fourth-order valence-electron chi connectivity index (χ4n) is 20.4. The van der Waals surface area contributed by atoms with Crippen molar-refractivity contribution in [2.75, 3.05) is 0 Å². The van der Waals surface area contributed by atoms with Gasteiger partial charge in [-0.2, -0.15) is 0 Å². The average molecular weight is 1930 g/mol. The van der Waals surface area contributed by atoms with E-state index in [0.717, 1.165) is 24.7 Å². The number of hydrogen-bond donors (Lipinski definition) is 9. The van der Waals surface area contributed by atoms with Crippen LogP contribution in [0.4, 0.5) is 0 Å². The van der Waals surface area contributed by atoms with Gasteiger partial charge >= 0.3 is 0 Å². The van der Waals surface area contributed by atoms with E-state index in [1.54, 1.807) is 5.56 Å². The molecule has 9 nitrogen and oxygen atoms in total. The molecule has 9 heteroatoms. The van der Waals surface area contributed by atoms with Crippen LogP contribution in [0.25, 0.3) is 98.1 Å². The molecule has 0 saturated heterocycles. The molecule has 0 amide bonds. The lowest BCUT2D eigenvalue weighted by atomic mass is 9.91. The lowest BCUT2D eigenvalue weighted by Crippen LogP contribution is -1.95. The minimum Gasteiger partial charge on any atom is -0.361 e. The number of rotatable bonds is 22. The van der Waals surface area contributed by atoms with Crippen molar-refractivity contribution in [1.82, 2.24) is 44.9 Å². The van der Waals surface area contributed by atoms with Gasteiger partial charge in [0.05, 0.1) is 0 Å². The summed E-state index contributed by atoms with van der Waals surface area (Å²) < 4.78 is 0. The fourth-order valence-corrected chi connectivity index (χ4v) is 20.4. The van der Waals surface area contributed by atoms with Crippen LogP contribution >= 0.6 is 0 Å². The standard InChI is InChI=1S/C19H21N.C18H19N.C16H21N.C15H19N.C15H21N.3C14H19N.C11H13N/c1-13(2)16-9-10-19-17(11-16)18(12-20-19)14(3)15-7-5-4-6-8-15;1-13(2)15-8-9-18-17(11-15)16(12-19-18)10-14-6-4-3-5-7-14;1-11(2)13-7-8-16-14(9-13)15(10-17-16)12-5-3-4-6-12;1-10(2)12-5-6-15-14(8-12)13(9-16-15)7-11-3-4-11;1-10(2)7-13-9-16-15-6-5-12(11(3)4)8-14(13)15;2*1-9(2)11-5-6-14-12(7-11)13(8-15-14)10(3)4;1-4-5-12-9-15-14-7-6-11(10(2)3)8-13(12)14;1-8(2)9-3-4-11-10(7-9)5-6-12-11/h4-14,20H,1-3H3;3-9,11-13,19H,10H2,1-2H3;7-12,17H,3-6H2,1-2H3;5-6,8-11,16H,3-4,7H2,1-2H3;5-6,8-11,16H,7H2,1-4H3;2*5-10,15H,1-4H3;6-10,15H,4-5H2,1-3H3;3-8,12H,1-2H3. The first-order valence-corrected chi connectivity index (χ1v) is 55.1. The monoisotopic (exact) mass is 1930 g/mol. The van der Waals surface area contributed by atoms with Gasteiger partial charge in [-0.25, -0.2) is 0 Å². The summed E-state index contributed by atoms with van der Waals surface area (Å²) in [5, 5.41) is 12.5. The second-order valence-corrected chi connectivity index (χ2v) is 45.5. The van der Waals surface area contributed by atoms with Gasteiger partial charge in [-0.05, 0) is 361 Å². The molecule has 9 N–H and O–H groups in total. The van der Waals surface area contributed by atoms with Crippen LogP contribution in [0, 0.1) is 11.8 Å². The van der Waals surface area contributed by atoms with Gasteiger partial charge in [0.2, 0.25) is 0 Å². The highest BCUT2D eigenvalue weighted by atomic mass is 14.7. The number of aromatic amines is 9. The summed E-state index contributed by atoms with van der Waals surface area (Å²) in [5.41, 5.74) is 38.4. The summed E-state index contributed by atoms with van der Waals surface area (Å²) in [6.45, 7) is 58.4. The number of aromatic nitrogens is 9. The van der Waals surface area contributed by atoms with Crippen LogP contribution in [0.2, 0.25) is 0 Å². The van der Waals surface area contributed by atoms with E-state index in [9.17, 15) is 0 Å². The molecule has 22 rings (SSSR count). The van der Waals surface area contributed by atoms with Crippen LogP contribution in [0.1, 0.15) is 408 Å². The maximum absolute atomic E-state index is 3.43. The van der Waals surface area contributed by atoms with Gasteiger partial charge in [-0.3, -0.25) is 0 Å². The van der Waals surface area contributed by atoms with Crippen LogP contribution in [-0.2, 0) is 25.7 Å². The molecule has 0 spiro atoms. The maximum atomic E-state index is 3.43. The maximum Gasteiger partial charge on any atom is 0.0457 e. The third-order valence-electron chi connectivity index (χ3n) is 30.1. The molecule has 9 heterocycles. The number of H-pyrrole nitrogens is 9. The molecule has 11 aromatic carbocycles.